The van der Waals surface area contributed by atoms with Gasteiger partial charge in [0.1, 0.15) is 0 Å². The van der Waals surface area contributed by atoms with E-state index in [2.05, 4.69) is 0 Å². The Hall–Kier alpha value is -0.860. The molecule has 1 amide bonds. The Balaban J connectivity index is 1.67. The number of piperidine rings is 1. The molecule has 1 atom stereocenters. The summed E-state index contributed by atoms with van der Waals surface area (Å²) < 4.78 is 32.3. The van der Waals surface area contributed by atoms with Gasteiger partial charge in [0, 0.05) is 26.2 Å². The molecule has 0 radical (unpaired) electrons. The van der Waals surface area contributed by atoms with Gasteiger partial charge < -0.3 is 9.64 Å². The van der Waals surface area contributed by atoms with Crippen molar-refractivity contribution in [3.8, 4) is 0 Å². The van der Waals surface area contributed by atoms with E-state index in [0.29, 0.717) is 54.9 Å². The highest BCUT2D eigenvalue weighted by atomic mass is 35.5. The lowest BCUT2D eigenvalue weighted by atomic mass is 9.98. The van der Waals surface area contributed by atoms with Crippen molar-refractivity contribution < 1.29 is 17.9 Å². The number of hydrogen-bond acceptors (Lipinski definition) is 4. The van der Waals surface area contributed by atoms with Crippen molar-refractivity contribution in [3.05, 3.63) is 33.8 Å². The van der Waals surface area contributed by atoms with Gasteiger partial charge in [-0.25, -0.2) is 12.7 Å². The zero-order valence-electron chi connectivity index (χ0n) is 14.4. The molecule has 0 unspecified atom stereocenters. The fourth-order valence-corrected chi connectivity index (χ4v) is 5.29. The molecule has 144 valence electrons. The molecule has 0 saturated carbocycles. The number of rotatable bonds is 4. The molecule has 0 bridgehead atoms. The van der Waals surface area contributed by atoms with Crippen LogP contribution in [0.2, 0.25) is 10.0 Å². The van der Waals surface area contributed by atoms with Crippen LogP contribution in [-0.4, -0.2) is 62.9 Å². The summed E-state index contributed by atoms with van der Waals surface area (Å²) in [6.45, 7) is 2.91. The van der Waals surface area contributed by atoms with E-state index in [-0.39, 0.29) is 24.1 Å². The first kappa shape index (κ1) is 19.9. The molecule has 1 aromatic carbocycles. The first-order valence-corrected chi connectivity index (χ1v) is 11.0. The number of nitrogens with zero attached hydrogens (tertiary/aromatic N) is 2. The third-order valence-electron chi connectivity index (χ3n) is 4.78. The molecule has 0 aliphatic carbocycles. The summed E-state index contributed by atoms with van der Waals surface area (Å²) in [7, 11) is -3.53. The first-order chi connectivity index (χ1) is 12.4. The molecule has 2 aliphatic rings. The van der Waals surface area contributed by atoms with Crippen molar-refractivity contribution in [1.82, 2.24) is 9.21 Å². The van der Waals surface area contributed by atoms with Crippen LogP contribution in [0, 0.1) is 5.92 Å². The van der Waals surface area contributed by atoms with Gasteiger partial charge in [0.15, 0.2) is 0 Å². The van der Waals surface area contributed by atoms with Gasteiger partial charge in [-0.05, 0) is 30.5 Å². The third kappa shape index (κ3) is 4.70. The van der Waals surface area contributed by atoms with E-state index in [4.69, 9.17) is 27.9 Å². The maximum Gasteiger partial charge on any atom is 0.227 e. The third-order valence-corrected chi connectivity index (χ3v) is 7.34. The lowest BCUT2D eigenvalue weighted by molar-refractivity contribution is -0.140. The fraction of sp³-hybridized carbons (Fsp3) is 0.588. The van der Waals surface area contributed by atoms with Gasteiger partial charge in [-0.15, -0.1) is 0 Å². The molecular weight excluding hydrogens is 399 g/mol. The van der Waals surface area contributed by atoms with Crippen LogP contribution in [0.1, 0.15) is 18.4 Å². The number of hydrogen-bond donors (Lipinski definition) is 0. The number of ether oxygens (including phenoxy) is 1. The second-order valence-corrected chi connectivity index (χ2v) is 9.42. The molecule has 2 heterocycles. The van der Waals surface area contributed by atoms with Gasteiger partial charge in [0.05, 0.1) is 34.9 Å². The predicted molar refractivity (Wildman–Crippen MR) is 101 cm³/mol. The topological polar surface area (TPSA) is 66.9 Å². The second-order valence-electron chi connectivity index (χ2n) is 6.64. The highest BCUT2D eigenvalue weighted by Gasteiger charge is 2.34. The van der Waals surface area contributed by atoms with Gasteiger partial charge in [0.2, 0.25) is 15.9 Å². The SMILES string of the molecule is O=C([C@@H]1CCCN(S(=O)(=O)Cc2ccc(Cl)c(Cl)c2)C1)N1CCOCC1. The number of halogens is 2. The number of amides is 1. The largest absolute Gasteiger partial charge is 0.378 e. The summed E-state index contributed by atoms with van der Waals surface area (Å²) >= 11 is 11.9. The normalized spacial score (nSPS) is 22.4. The van der Waals surface area contributed by atoms with Gasteiger partial charge in [0.25, 0.3) is 0 Å². The Kier molecular flexibility index (Phi) is 6.45. The molecule has 0 aromatic heterocycles. The Bertz CT molecular complexity index is 766. The zero-order valence-corrected chi connectivity index (χ0v) is 16.7. The summed E-state index contributed by atoms with van der Waals surface area (Å²) in [6, 6.07) is 4.82. The Morgan fingerprint density at radius 2 is 1.88 bits per heavy atom. The fourth-order valence-electron chi connectivity index (χ4n) is 3.37. The van der Waals surface area contributed by atoms with Gasteiger partial charge >= 0.3 is 0 Å². The molecule has 26 heavy (non-hydrogen) atoms. The molecule has 0 spiro atoms. The van der Waals surface area contributed by atoms with Gasteiger partial charge in [-0.3, -0.25) is 4.79 Å². The quantitative estimate of drug-likeness (QED) is 0.749. The molecule has 3 rings (SSSR count). The molecule has 2 fully saturated rings. The van der Waals surface area contributed by atoms with Crippen LogP contribution in [0.3, 0.4) is 0 Å². The van der Waals surface area contributed by atoms with Crippen molar-refractivity contribution in [1.29, 1.82) is 0 Å². The van der Waals surface area contributed by atoms with Crippen LogP contribution in [0.5, 0.6) is 0 Å². The summed E-state index contributed by atoms with van der Waals surface area (Å²) in [6.07, 6.45) is 1.40. The average molecular weight is 421 g/mol. The maximum atomic E-state index is 12.8. The lowest BCUT2D eigenvalue weighted by Gasteiger charge is -2.35. The van der Waals surface area contributed by atoms with Crippen molar-refractivity contribution in [3.63, 3.8) is 0 Å². The monoisotopic (exact) mass is 420 g/mol. The van der Waals surface area contributed by atoms with Crippen LogP contribution in [0.25, 0.3) is 0 Å². The number of carbonyl (C=O) groups is 1. The Morgan fingerprint density at radius 3 is 2.58 bits per heavy atom. The van der Waals surface area contributed by atoms with Crippen LogP contribution < -0.4 is 0 Å². The minimum atomic E-state index is -3.53. The molecule has 0 N–H and O–H groups in total. The second kappa shape index (κ2) is 8.44. The number of benzene rings is 1. The molecule has 9 heteroatoms. The lowest BCUT2D eigenvalue weighted by Crippen LogP contribution is -2.49. The van der Waals surface area contributed by atoms with E-state index in [1.807, 2.05) is 0 Å². The van der Waals surface area contributed by atoms with E-state index in [1.165, 1.54) is 4.31 Å². The average Bonchev–Trinajstić information content (AvgIpc) is 2.65. The van der Waals surface area contributed by atoms with E-state index in [9.17, 15) is 13.2 Å². The number of carbonyl (C=O) groups excluding carboxylic acids is 1. The summed E-state index contributed by atoms with van der Waals surface area (Å²) in [5.41, 5.74) is 0.584. The number of sulfonamides is 1. The summed E-state index contributed by atoms with van der Waals surface area (Å²) in [4.78, 5) is 14.5. The minimum absolute atomic E-state index is 0.0303. The van der Waals surface area contributed by atoms with Crippen molar-refractivity contribution in [2.24, 2.45) is 5.92 Å². The van der Waals surface area contributed by atoms with E-state index in [0.717, 1.165) is 6.42 Å². The van der Waals surface area contributed by atoms with Crippen molar-refractivity contribution >= 4 is 39.1 Å². The molecule has 2 aliphatic heterocycles. The van der Waals surface area contributed by atoms with Crippen LogP contribution in [0.15, 0.2) is 18.2 Å². The van der Waals surface area contributed by atoms with Gasteiger partial charge in [-0.2, -0.15) is 0 Å². The van der Waals surface area contributed by atoms with Crippen molar-refractivity contribution in [2.75, 3.05) is 39.4 Å². The van der Waals surface area contributed by atoms with Crippen LogP contribution in [0.4, 0.5) is 0 Å². The van der Waals surface area contributed by atoms with Crippen LogP contribution in [-0.2, 0) is 25.3 Å². The smallest absolute Gasteiger partial charge is 0.227 e. The minimum Gasteiger partial charge on any atom is -0.378 e. The number of morpholine rings is 1. The van der Waals surface area contributed by atoms with E-state index in [1.54, 1.807) is 23.1 Å². The van der Waals surface area contributed by atoms with Crippen molar-refractivity contribution in [2.45, 2.75) is 18.6 Å². The maximum absolute atomic E-state index is 12.8. The predicted octanol–water partition coefficient (Wildman–Crippen LogP) is 2.39. The highest BCUT2D eigenvalue weighted by Crippen LogP contribution is 2.26. The van der Waals surface area contributed by atoms with Gasteiger partial charge in [-0.1, -0.05) is 29.3 Å². The van der Waals surface area contributed by atoms with E-state index < -0.39 is 10.0 Å². The Morgan fingerprint density at radius 1 is 1.15 bits per heavy atom. The van der Waals surface area contributed by atoms with Crippen LogP contribution >= 0.6 is 23.2 Å². The molecule has 2 saturated heterocycles. The molecule has 1 aromatic rings. The molecule has 6 nitrogen and oxygen atoms in total. The Labute approximate surface area is 164 Å². The summed E-state index contributed by atoms with van der Waals surface area (Å²) in [5.74, 6) is -0.407. The summed E-state index contributed by atoms with van der Waals surface area (Å²) in [5, 5.41) is 0.723. The zero-order chi connectivity index (χ0) is 18.7. The van der Waals surface area contributed by atoms with E-state index >= 15 is 0 Å². The standard InChI is InChI=1S/C17H22Cl2N2O4S/c18-15-4-3-13(10-16(15)19)12-26(23,24)21-5-1-2-14(11-21)17(22)20-6-8-25-9-7-20/h3-4,10,14H,1-2,5-9,11-12H2/t14-/m1/s1. The molecular formula is C17H22Cl2N2O4S. The highest BCUT2D eigenvalue weighted by molar-refractivity contribution is 7.88. The first-order valence-electron chi connectivity index (χ1n) is 8.65.